The van der Waals surface area contributed by atoms with Gasteiger partial charge in [-0.05, 0) is 19.3 Å². The molecule has 2 aliphatic rings. The van der Waals surface area contributed by atoms with Gasteiger partial charge in [-0.2, -0.15) is 0 Å². The maximum absolute atomic E-state index is 11.8. The van der Waals surface area contributed by atoms with Crippen LogP contribution in [0.3, 0.4) is 0 Å². The third-order valence-corrected chi connectivity index (χ3v) is 3.95. The minimum Gasteiger partial charge on any atom is -0.355 e. The Morgan fingerprint density at radius 2 is 1.86 bits per heavy atom. The van der Waals surface area contributed by atoms with Crippen molar-refractivity contribution < 1.29 is 19.2 Å². The lowest BCUT2D eigenvalue weighted by atomic mass is 10.1. The monoisotopic (exact) mass is 295 g/mol. The molecule has 1 aliphatic heterocycles. The average molecular weight is 295 g/mol. The number of amides is 4. The molecule has 1 aliphatic carbocycles. The van der Waals surface area contributed by atoms with E-state index in [9.17, 15) is 19.2 Å². The Bertz CT molecular complexity index is 444. The van der Waals surface area contributed by atoms with E-state index in [1.54, 1.807) is 0 Å². The molecule has 1 heterocycles. The first-order valence-corrected chi connectivity index (χ1v) is 7.47. The number of hydrogen-bond acceptors (Lipinski definition) is 4. The van der Waals surface area contributed by atoms with Gasteiger partial charge in [0.25, 0.3) is 0 Å². The minimum absolute atomic E-state index is 0.0151. The highest BCUT2D eigenvalue weighted by atomic mass is 16.2. The molecule has 21 heavy (non-hydrogen) atoms. The van der Waals surface area contributed by atoms with Gasteiger partial charge in [0.1, 0.15) is 6.04 Å². The second-order valence-electron chi connectivity index (χ2n) is 5.59. The number of nitrogens with one attached hydrogen (secondary N) is 3. The third-order valence-electron chi connectivity index (χ3n) is 3.95. The molecule has 1 saturated heterocycles. The fourth-order valence-electron chi connectivity index (χ4n) is 2.73. The standard InChI is InChI=1S/C14H21N3O4/c18-11-6-5-10(14(21)17-11)16-12(19)7-8-15-13(20)9-3-1-2-4-9/h9-10H,1-8H2,(H,15,20)(H,16,19)(H,17,18,21). The van der Waals surface area contributed by atoms with Crippen molar-refractivity contribution >= 4 is 23.6 Å². The maximum Gasteiger partial charge on any atom is 0.249 e. The predicted octanol–water partition coefficient (Wildman–Crippen LogP) is -0.396. The highest BCUT2D eigenvalue weighted by molar-refractivity contribution is 6.01. The zero-order valence-corrected chi connectivity index (χ0v) is 11.9. The summed E-state index contributed by atoms with van der Waals surface area (Å²) in [4.78, 5) is 45.9. The summed E-state index contributed by atoms with van der Waals surface area (Å²) < 4.78 is 0. The molecule has 1 atom stereocenters. The van der Waals surface area contributed by atoms with E-state index >= 15 is 0 Å². The molecule has 0 spiro atoms. The van der Waals surface area contributed by atoms with Gasteiger partial charge in [0, 0.05) is 25.3 Å². The Balaban J connectivity index is 1.64. The smallest absolute Gasteiger partial charge is 0.249 e. The number of piperidine rings is 1. The van der Waals surface area contributed by atoms with Crippen LogP contribution in [-0.4, -0.2) is 36.2 Å². The molecule has 2 rings (SSSR count). The van der Waals surface area contributed by atoms with Crippen molar-refractivity contribution in [3.63, 3.8) is 0 Å². The molecule has 0 bridgehead atoms. The molecule has 0 aromatic heterocycles. The Morgan fingerprint density at radius 3 is 2.52 bits per heavy atom. The van der Waals surface area contributed by atoms with Gasteiger partial charge in [0.2, 0.25) is 23.6 Å². The van der Waals surface area contributed by atoms with E-state index in [-0.39, 0.29) is 43.0 Å². The fraction of sp³-hybridized carbons (Fsp3) is 0.714. The van der Waals surface area contributed by atoms with Crippen LogP contribution in [0.5, 0.6) is 0 Å². The van der Waals surface area contributed by atoms with Gasteiger partial charge in [-0.3, -0.25) is 24.5 Å². The molecule has 0 aromatic carbocycles. The summed E-state index contributed by atoms with van der Waals surface area (Å²) >= 11 is 0. The first-order chi connectivity index (χ1) is 10.1. The van der Waals surface area contributed by atoms with Crippen LogP contribution >= 0.6 is 0 Å². The van der Waals surface area contributed by atoms with Gasteiger partial charge in [0.15, 0.2) is 0 Å². The molecule has 116 valence electrons. The lowest BCUT2D eigenvalue weighted by Gasteiger charge is -2.21. The van der Waals surface area contributed by atoms with Crippen molar-refractivity contribution in [3.05, 3.63) is 0 Å². The highest BCUT2D eigenvalue weighted by Crippen LogP contribution is 2.24. The summed E-state index contributed by atoms with van der Waals surface area (Å²) in [5.74, 6) is -0.968. The van der Waals surface area contributed by atoms with Gasteiger partial charge < -0.3 is 10.6 Å². The van der Waals surface area contributed by atoms with Crippen molar-refractivity contribution in [2.75, 3.05) is 6.54 Å². The van der Waals surface area contributed by atoms with Gasteiger partial charge in [-0.15, -0.1) is 0 Å². The second-order valence-corrected chi connectivity index (χ2v) is 5.59. The fourth-order valence-corrected chi connectivity index (χ4v) is 2.73. The van der Waals surface area contributed by atoms with Crippen LogP contribution < -0.4 is 16.0 Å². The summed E-state index contributed by atoms with van der Waals surface area (Å²) in [6, 6.07) is -0.652. The number of imide groups is 1. The van der Waals surface area contributed by atoms with Crippen LogP contribution in [0.15, 0.2) is 0 Å². The molecule has 7 heteroatoms. The molecule has 3 N–H and O–H groups in total. The molecular formula is C14H21N3O4. The Hall–Kier alpha value is -1.92. The van der Waals surface area contributed by atoms with Gasteiger partial charge >= 0.3 is 0 Å². The SMILES string of the molecule is O=C1CCC(NC(=O)CCNC(=O)C2CCCC2)C(=O)N1. The van der Waals surface area contributed by atoms with E-state index < -0.39 is 11.9 Å². The largest absolute Gasteiger partial charge is 0.355 e. The molecule has 0 aromatic rings. The Morgan fingerprint density at radius 1 is 1.14 bits per heavy atom. The predicted molar refractivity (Wildman–Crippen MR) is 73.9 cm³/mol. The normalized spacial score (nSPS) is 22.8. The zero-order chi connectivity index (χ0) is 15.2. The van der Waals surface area contributed by atoms with Crippen LogP contribution in [-0.2, 0) is 19.2 Å². The number of hydrogen-bond donors (Lipinski definition) is 3. The third kappa shape index (κ3) is 4.54. The summed E-state index contributed by atoms with van der Waals surface area (Å²) in [6.45, 7) is 0.272. The summed E-state index contributed by atoms with van der Waals surface area (Å²) in [6.07, 6.45) is 4.72. The average Bonchev–Trinajstić information content (AvgIpc) is 2.96. The van der Waals surface area contributed by atoms with Gasteiger partial charge in [-0.25, -0.2) is 0 Å². The molecular weight excluding hydrogens is 274 g/mol. The quantitative estimate of drug-likeness (QED) is 0.600. The summed E-state index contributed by atoms with van der Waals surface area (Å²) in [5.41, 5.74) is 0. The molecule has 1 saturated carbocycles. The Kier molecular flexibility index (Phi) is 5.30. The molecule has 1 unspecified atom stereocenters. The van der Waals surface area contributed by atoms with Gasteiger partial charge in [-0.1, -0.05) is 12.8 Å². The molecule has 7 nitrogen and oxygen atoms in total. The first kappa shape index (κ1) is 15.5. The maximum atomic E-state index is 11.8. The van der Waals surface area contributed by atoms with Crippen molar-refractivity contribution in [2.24, 2.45) is 5.92 Å². The van der Waals surface area contributed by atoms with Crippen LogP contribution in [0.25, 0.3) is 0 Å². The van der Waals surface area contributed by atoms with Crippen LogP contribution in [0.4, 0.5) is 0 Å². The number of carbonyl (C=O) groups is 4. The van der Waals surface area contributed by atoms with Crippen molar-refractivity contribution in [3.8, 4) is 0 Å². The van der Waals surface area contributed by atoms with Gasteiger partial charge in [0.05, 0.1) is 0 Å². The summed E-state index contributed by atoms with van der Waals surface area (Å²) in [7, 11) is 0. The first-order valence-electron chi connectivity index (χ1n) is 7.47. The second kappa shape index (κ2) is 7.19. The van der Waals surface area contributed by atoms with E-state index in [2.05, 4.69) is 16.0 Å². The zero-order valence-electron chi connectivity index (χ0n) is 11.9. The van der Waals surface area contributed by atoms with E-state index in [4.69, 9.17) is 0 Å². The lowest BCUT2D eigenvalue weighted by Crippen LogP contribution is -2.52. The number of carbonyl (C=O) groups excluding carboxylic acids is 4. The van der Waals surface area contributed by atoms with Crippen molar-refractivity contribution in [1.82, 2.24) is 16.0 Å². The van der Waals surface area contributed by atoms with E-state index in [1.165, 1.54) is 0 Å². The van der Waals surface area contributed by atoms with E-state index in [0.29, 0.717) is 6.42 Å². The molecule has 2 fully saturated rings. The van der Waals surface area contributed by atoms with E-state index in [0.717, 1.165) is 25.7 Å². The van der Waals surface area contributed by atoms with Crippen LogP contribution in [0.2, 0.25) is 0 Å². The lowest BCUT2D eigenvalue weighted by molar-refractivity contribution is -0.137. The summed E-state index contributed by atoms with van der Waals surface area (Å²) in [5, 5.41) is 7.52. The molecule has 0 radical (unpaired) electrons. The topological polar surface area (TPSA) is 104 Å². The molecule has 4 amide bonds. The minimum atomic E-state index is -0.652. The van der Waals surface area contributed by atoms with Crippen molar-refractivity contribution in [1.29, 1.82) is 0 Å². The van der Waals surface area contributed by atoms with Crippen molar-refractivity contribution in [2.45, 2.75) is 51.0 Å². The highest BCUT2D eigenvalue weighted by Gasteiger charge is 2.27. The van der Waals surface area contributed by atoms with Crippen LogP contribution in [0, 0.1) is 5.92 Å². The number of rotatable bonds is 5. The van der Waals surface area contributed by atoms with E-state index in [1.807, 2.05) is 0 Å². The van der Waals surface area contributed by atoms with Crippen LogP contribution in [0.1, 0.15) is 44.9 Å². The Labute approximate surface area is 123 Å².